The summed E-state index contributed by atoms with van der Waals surface area (Å²) in [7, 11) is -0.865. The van der Waals surface area contributed by atoms with Gasteiger partial charge in [0.1, 0.15) is 39.6 Å². The Labute approximate surface area is 218 Å². The second kappa shape index (κ2) is 10.8. The number of halogens is 2. The van der Waals surface area contributed by atoms with Crippen molar-refractivity contribution in [2.45, 2.75) is 30.8 Å². The molecule has 0 saturated carbocycles. The predicted octanol–water partition coefficient (Wildman–Crippen LogP) is 4.04. The summed E-state index contributed by atoms with van der Waals surface area (Å²) in [6, 6.07) is 10.2. The molecule has 0 spiro atoms. The molecule has 0 amide bonds. The fraction of sp³-hybridized carbons (Fsp3) is 0.292. The lowest BCUT2D eigenvalue weighted by molar-refractivity contribution is 0.390. The minimum Gasteiger partial charge on any atom is -0.494 e. The lowest BCUT2D eigenvalue weighted by atomic mass is 10.1. The third-order valence-electron chi connectivity index (χ3n) is 5.95. The van der Waals surface area contributed by atoms with Crippen LogP contribution in [0.2, 0.25) is 5.15 Å². The third kappa shape index (κ3) is 5.39. The molecule has 4 rings (SSSR count). The molecule has 37 heavy (non-hydrogen) atoms. The first-order valence-electron chi connectivity index (χ1n) is 11.1. The van der Waals surface area contributed by atoms with E-state index >= 15 is 0 Å². The first-order valence-corrected chi connectivity index (χ1v) is 13.2. The zero-order valence-electron chi connectivity index (χ0n) is 20.5. The Morgan fingerprint density at radius 3 is 2.22 bits per heavy atom. The van der Waals surface area contributed by atoms with Crippen LogP contribution in [0.1, 0.15) is 31.4 Å². The average Bonchev–Trinajstić information content (AvgIpc) is 3.29. The quantitative estimate of drug-likeness (QED) is 0.286. The summed E-state index contributed by atoms with van der Waals surface area (Å²) in [6.07, 6.45) is 2.01. The van der Waals surface area contributed by atoms with Crippen LogP contribution in [-0.2, 0) is 15.6 Å². The molecule has 2 atom stereocenters. The predicted molar refractivity (Wildman–Crippen MR) is 135 cm³/mol. The van der Waals surface area contributed by atoms with E-state index in [2.05, 4.69) is 25.1 Å². The van der Waals surface area contributed by atoms with Crippen LogP contribution in [0.3, 0.4) is 0 Å². The molecule has 0 saturated heterocycles. The van der Waals surface area contributed by atoms with Crippen molar-refractivity contribution in [3.63, 3.8) is 0 Å². The Bertz CT molecular complexity index is 1490. The van der Waals surface area contributed by atoms with Crippen molar-refractivity contribution < 1.29 is 22.3 Å². The Morgan fingerprint density at radius 2 is 1.62 bits per heavy atom. The number of aromatic nitrogens is 6. The molecule has 1 aromatic carbocycles. The molecular formula is C24H24ClFN6O4S. The van der Waals surface area contributed by atoms with E-state index in [0.29, 0.717) is 22.9 Å². The van der Waals surface area contributed by atoms with E-state index in [4.69, 9.17) is 21.1 Å². The highest BCUT2D eigenvalue weighted by Crippen LogP contribution is 2.37. The second-order valence-electron chi connectivity index (χ2n) is 8.19. The van der Waals surface area contributed by atoms with E-state index in [1.165, 1.54) is 14.2 Å². The molecule has 0 N–H and O–H groups in total. The number of ether oxygens (including phenoxy) is 2. The molecule has 3 heterocycles. The van der Waals surface area contributed by atoms with Gasteiger partial charge in [0.2, 0.25) is 0 Å². The molecule has 13 heteroatoms. The van der Waals surface area contributed by atoms with Gasteiger partial charge in [-0.3, -0.25) is 4.57 Å². The number of pyridine rings is 1. The molecule has 4 aromatic rings. The van der Waals surface area contributed by atoms with Crippen LogP contribution in [-0.4, -0.2) is 57.6 Å². The number of nitrogens with zero attached hydrogens (tertiary/aromatic N) is 6. The van der Waals surface area contributed by atoms with Gasteiger partial charge >= 0.3 is 0 Å². The maximum Gasteiger partial charge on any atom is 0.187 e. The second-order valence-corrected chi connectivity index (χ2v) is 10.9. The molecular weight excluding hydrogens is 523 g/mol. The number of para-hydroxylation sites is 1. The molecule has 0 aliphatic carbocycles. The van der Waals surface area contributed by atoms with Gasteiger partial charge in [-0.15, -0.1) is 10.2 Å². The van der Waals surface area contributed by atoms with Crippen LogP contribution in [0.5, 0.6) is 11.5 Å². The maximum absolute atomic E-state index is 13.6. The summed E-state index contributed by atoms with van der Waals surface area (Å²) in [6.45, 7) is 3.22. The first kappa shape index (κ1) is 26.4. The van der Waals surface area contributed by atoms with Gasteiger partial charge in [-0.2, -0.15) is 0 Å². The molecule has 0 unspecified atom stereocenters. The average molecular weight is 547 g/mol. The van der Waals surface area contributed by atoms with Gasteiger partial charge in [-0.1, -0.05) is 30.7 Å². The first-order chi connectivity index (χ1) is 17.7. The summed E-state index contributed by atoms with van der Waals surface area (Å²) in [5, 5.41) is 7.79. The lowest BCUT2D eigenvalue weighted by Gasteiger charge is -2.20. The highest BCUT2D eigenvalue weighted by Gasteiger charge is 2.33. The van der Waals surface area contributed by atoms with Gasteiger partial charge in [0.05, 0.1) is 31.9 Å². The van der Waals surface area contributed by atoms with E-state index in [9.17, 15) is 12.8 Å². The minimum atomic E-state index is -3.84. The number of methoxy groups -OCH3 is 2. The Hall–Kier alpha value is -3.64. The number of rotatable bonds is 9. The Morgan fingerprint density at radius 1 is 1.00 bits per heavy atom. The lowest BCUT2D eigenvalue weighted by Crippen LogP contribution is -2.27. The zero-order chi connectivity index (χ0) is 26.7. The van der Waals surface area contributed by atoms with Crippen molar-refractivity contribution in [3.8, 4) is 28.7 Å². The molecule has 0 aliphatic heterocycles. The highest BCUT2D eigenvalue weighted by molar-refractivity contribution is 7.91. The van der Waals surface area contributed by atoms with E-state index in [-0.39, 0.29) is 22.6 Å². The van der Waals surface area contributed by atoms with Crippen LogP contribution in [0, 0.1) is 5.82 Å². The summed E-state index contributed by atoms with van der Waals surface area (Å²) < 4.78 is 53.1. The Balaban J connectivity index is 1.83. The van der Waals surface area contributed by atoms with Crippen LogP contribution >= 0.6 is 11.6 Å². The van der Waals surface area contributed by atoms with Crippen LogP contribution in [0.25, 0.3) is 17.2 Å². The van der Waals surface area contributed by atoms with Crippen molar-refractivity contribution in [1.29, 1.82) is 0 Å². The molecule has 194 valence electrons. The number of benzene rings is 1. The largest absolute Gasteiger partial charge is 0.494 e. The van der Waals surface area contributed by atoms with Gasteiger partial charge in [-0.05, 0) is 31.2 Å². The number of hydrogen-bond acceptors (Lipinski definition) is 9. The van der Waals surface area contributed by atoms with Crippen LogP contribution in [0.15, 0.2) is 48.8 Å². The summed E-state index contributed by atoms with van der Waals surface area (Å²) in [5.41, 5.74) is 0.778. The van der Waals surface area contributed by atoms with Crippen LogP contribution < -0.4 is 9.47 Å². The molecule has 0 radical (unpaired) electrons. The van der Waals surface area contributed by atoms with Gasteiger partial charge < -0.3 is 9.47 Å². The van der Waals surface area contributed by atoms with Crippen molar-refractivity contribution in [1.82, 2.24) is 29.7 Å². The number of sulfone groups is 1. The fourth-order valence-corrected chi connectivity index (χ4v) is 5.50. The van der Waals surface area contributed by atoms with Crippen molar-refractivity contribution in [2.24, 2.45) is 0 Å². The summed E-state index contributed by atoms with van der Waals surface area (Å²) in [4.78, 5) is 12.2. The topological polar surface area (TPSA) is 122 Å². The van der Waals surface area contributed by atoms with E-state index in [1.54, 1.807) is 54.8 Å². The smallest absolute Gasteiger partial charge is 0.187 e. The van der Waals surface area contributed by atoms with Crippen molar-refractivity contribution in [3.05, 3.63) is 71.4 Å². The van der Waals surface area contributed by atoms with Gasteiger partial charge in [0.15, 0.2) is 27.3 Å². The molecule has 3 aromatic heterocycles. The van der Waals surface area contributed by atoms with Gasteiger partial charge in [0.25, 0.3) is 0 Å². The van der Waals surface area contributed by atoms with Crippen molar-refractivity contribution >= 4 is 21.4 Å². The van der Waals surface area contributed by atoms with E-state index in [1.807, 2.05) is 0 Å². The summed E-state index contributed by atoms with van der Waals surface area (Å²) in [5.74, 6) is -0.311. The molecule has 0 bridgehead atoms. The fourth-order valence-electron chi connectivity index (χ4n) is 3.79. The monoisotopic (exact) mass is 546 g/mol. The van der Waals surface area contributed by atoms with Crippen LogP contribution in [0.4, 0.5) is 4.39 Å². The van der Waals surface area contributed by atoms with E-state index in [0.717, 1.165) is 12.4 Å². The Kier molecular flexibility index (Phi) is 7.69. The standard InChI is InChI=1S/C24H24ClFN6O4S/c1-14(23-27-11-16(26)12-28-23)15(2)37(33,34)13-21-30-31-24(17-7-5-10-20(25)29-17)32(21)22-18(35-3)8-6-9-19(22)36-4/h5-12,14-15H,13H2,1-4H3/t14-,15-/m0/s1. The van der Waals surface area contributed by atoms with Gasteiger partial charge in [-0.25, -0.2) is 27.8 Å². The highest BCUT2D eigenvalue weighted by atomic mass is 35.5. The zero-order valence-corrected chi connectivity index (χ0v) is 22.0. The third-order valence-corrected chi connectivity index (χ3v) is 8.36. The van der Waals surface area contributed by atoms with Gasteiger partial charge in [0, 0.05) is 5.92 Å². The minimum absolute atomic E-state index is 0.110. The molecule has 0 aliphatic rings. The number of hydrogen-bond donors (Lipinski definition) is 0. The molecule has 0 fully saturated rings. The maximum atomic E-state index is 13.6. The van der Waals surface area contributed by atoms with E-state index < -0.39 is 32.6 Å². The summed E-state index contributed by atoms with van der Waals surface area (Å²) >= 11 is 6.12. The molecule has 10 nitrogen and oxygen atoms in total. The SMILES string of the molecule is COc1cccc(OC)c1-n1c(CS(=O)(=O)[C@@H](C)[C@H](C)c2ncc(F)cn2)nnc1-c1cccc(Cl)n1. The normalized spacial score (nSPS) is 13.2. The van der Waals surface area contributed by atoms with Crippen molar-refractivity contribution in [2.75, 3.05) is 14.2 Å².